The summed E-state index contributed by atoms with van der Waals surface area (Å²) in [6.07, 6.45) is 7.66. The summed E-state index contributed by atoms with van der Waals surface area (Å²) < 4.78 is 87.5. The van der Waals surface area contributed by atoms with E-state index in [0.717, 1.165) is 25.0 Å². The van der Waals surface area contributed by atoms with Crippen LogP contribution in [0.25, 0.3) is 33.5 Å². The number of amidine groups is 1. The molecule has 0 aliphatic heterocycles. The number of hydrogen-bond donors (Lipinski definition) is 3. The van der Waals surface area contributed by atoms with Gasteiger partial charge in [-0.05, 0) is 67.0 Å². The van der Waals surface area contributed by atoms with Crippen LogP contribution < -0.4 is 17.2 Å². The third kappa shape index (κ3) is 7.58. The largest absolute Gasteiger partial charge is 0.383 e. The highest BCUT2D eigenvalue weighted by atomic mass is 32.2. The Morgan fingerprint density at radius 3 is 2.12 bits per heavy atom. The minimum atomic E-state index is -4.63. The van der Waals surface area contributed by atoms with Crippen LogP contribution in [-0.4, -0.2) is 54.4 Å². The third-order valence-electron chi connectivity index (χ3n) is 9.23. The zero-order chi connectivity index (χ0) is 39.8. The lowest BCUT2D eigenvalue weighted by molar-refractivity contribution is 0.592. The molecule has 0 radical (unpaired) electrons. The molecule has 5 aromatic rings. The monoisotopic (exact) mass is 793 g/mol. The van der Waals surface area contributed by atoms with E-state index in [1.54, 1.807) is 18.2 Å². The maximum absolute atomic E-state index is 16.1. The first-order valence-corrected chi connectivity index (χ1v) is 20.2. The summed E-state index contributed by atoms with van der Waals surface area (Å²) in [6.45, 7) is 3.45. The Morgan fingerprint density at radius 1 is 0.804 bits per heavy atom. The lowest BCUT2D eigenvalue weighted by Crippen LogP contribution is -2.17. The fraction of sp³-hybridized carbons (Fsp3) is 0.128. The number of nitrogens with two attached hydrogens (primary N) is 3. The van der Waals surface area contributed by atoms with Crippen molar-refractivity contribution in [1.82, 2.24) is 19.9 Å². The molecule has 3 aromatic carbocycles. The quantitative estimate of drug-likeness (QED) is 0.117. The average Bonchev–Trinajstić information content (AvgIpc) is 4.01. The van der Waals surface area contributed by atoms with E-state index in [0.29, 0.717) is 0 Å². The van der Waals surface area contributed by atoms with Crippen LogP contribution in [-0.2, 0) is 19.7 Å². The Morgan fingerprint density at radius 2 is 1.48 bits per heavy atom. The van der Waals surface area contributed by atoms with E-state index in [2.05, 4.69) is 36.6 Å². The minimum Gasteiger partial charge on any atom is -0.383 e. The van der Waals surface area contributed by atoms with Crippen molar-refractivity contribution in [3.8, 4) is 22.4 Å². The second-order valence-electron chi connectivity index (χ2n) is 13.0. The number of allylic oxidation sites excluding steroid dienone is 5. The van der Waals surface area contributed by atoms with Gasteiger partial charge in [-0.25, -0.2) is 50.6 Å². The van der Waals surface area contributed by atoms with E-state index >= 15 is 8.78 Å². The predicted molar refractivity (Wildman–Crippen MR) is 211 cm³/mol. The molecule has 0 bridgehead atoms. The van der Waals surface area contributed by atoms with E-state index < -0.39 is 42.3 Å². The molecule has 17 heteroatoms. The van der Waals surface area contributed by atoms with Gasteiger partial charge in [0.1, 0.15) is 23.3 Å². The standard InChI is InChI=1S/C39H33F2N9O4S2/c1-45-39(56(53,54)35-9-5-2-6-25(35)23-12-13-27(31(40)14-23)33-19-47-36(42)20-46-33)50-37(43)30-15-28(24-17-48-38(44)49-18-24)32(41)16-29(30)26-7-3-4-8-34(26)55(51,52)21-22-10-11-22/h2-9,12-14,16-20,22H,1,10-11,15,21,43H2,(H2,42,47)(H2,44,48,49). The molecule has 2 aliphatic rings. The predicted octanol–water partition coefficient (Wildman–Crippen LogP) is 5.96. The number of aromatic nitrogens is 4. The average molecular weight is 794 g/mol. The summed E-state index contributed by atoms with van der Waals surface area (Å²) in [7, 11) is -8.46. The van der Waals surface area contributed by atoms with Gasteiger partial charge >= 0.3 is 0 Å². The van der Waals surface area contributed by atoms with Crippen LogP contribution in [0, 0.1) is 11.7 Å². The number of benzene rings is 3. The van der Waals surface area contributed by atoms with Crippen LogP contribution in [0.5, 0.6) is 0 Å². The highest BCUT2D eigenvalue weighted by Gasteiger charge is 2.33. The van der Waals surface area contributed by atoms with Gasteiger partial charge < -0.3 is 17.2 Å². The summed E-state index contributed by atoms with van der Waals surface area (Å²) >= 11 is 0. The Hall–Kier alpha value is -6.46. The van der Waals surface area contributed by atoms with Crippen molar-refractivity contribution in [3.05, 3.63) is 132 Å². The lowest BCUT2D eigenvalue weighted by atomic mass is 9.85. The van der Waals surface area contributed by atoms with Crippen molar-refractivity contribution in [2.45, 2.75) is 29.1 Å². The van der Waals surface area contributed by atoms with Gasteiger partial charge in [0.25, 0.3) is 5.17 Å². The Balaban J connectivity index is 1.34. The van der Waals surface area contributed by atoms with E-state index in [1.165, 1.54) is 67.3 Å². The van der Waals surface area contributed by atoms with E-state index in [9.17, 15) is 16.8 Å². The second-order valence-corrected chi connectivity index (χ2v) is 16.9. The number of halogens is 2. The van der Waals surface area contributed by atoms with Gasteiger partial charge in [-0.3, -0.25) is 4.98 Å². The molecule has 284 valence electrons. The highest BCUT2D eigenvalue weighted by molar-refractivity contribution is 8.06. The molecule has 6 N–H and O–H groups in total. The first-order chi connectivity index (χ1) is 26.8. The maximum Gasteiger partial charge on any atom is 0.253 e. The van der Waals surface area contributed by atoms with Gasteiger partial charge in [0, 0.05) is 52.2 Å². The molecule has 2 aromatic heterocycles. The molecule has 0 saturated heterocycles. The third-order valence-corrected chi connectivity index (χ3v) is 12.8. The lowest BCUT2D eigenvalue weighted by Gasteiger charge is -2.23. The summed E-state index contributed by atoms with van der Waals surface area (Å²) in [5.74, 6) is -1.78. The van der Waals surface area contributed by atoms with Crippen molar-refractivity contribution >= 4 is 54.5 Å². The SMILES string of the molecule is C=NC(=NC(N)=C1CC(c2cnc(N)nc2)=C(F)C=C1c1ccccc1S(=O)(=O)CC1CC1)S(=O)(=O)c1ccccc1-c1ccc(-c2cnc(N)cn2)c(F)c1. The number of aliphatic imine (C=N–C) groups is 2. The van der Waals surface area contributed by atoms with Crippen LogP contribution in [0.4, 0.5) is 20.5 Å². The summed E-state index contributed by atoms with van der Waals surface area (Å²) in [6, 6.07) is 16.1. The van der Waals surface area contributed by atoms with Gasteiger partial charge in [-0.15, -0.1) is 0 Å². The van der Waals surface area contributed by atoms with E-state index in [4.69, 9.17) is 17.2 Å². The van der Waals surface area contributed by atoms with E-state index in [1.807, 2.05) is 0 Å². The van der Waals surface area contributed by atoms with Crippen molar-refractivity contribution in [1.29, 1.82) is 0 Å². The van der Waals surface area contributed by atoms with Crippen LogP contribution in [0.2, 0.25) is 0 Å². The van der Waals surface area contributed by atoms with Gasteiger partial charge in [0.15, 0.2) is 9.84 Å². The van der Waals surface area contributed by atoms with Crippen LogP contribution in [0.15, 0.2) is 135 Å². The van der Waals surface area contributed by atoms with Crippen LogP contribution in [0.3, 0.4) is 0 Å². The molecule has 56 heavy (non-hydrogen) atoms. The number of anilines is 2. The fourth-order valence-electron chi connectivity index (χ4n) is 6.26. The van der Waals surface area contributed by atoms with Gasteiger partial charge in [0.05, 0.1) is 33.6 Å². The number of nitrogen functional groups attached to an aromatic ring is 2. The number of rotatable bonds is 9. The molecule has 1 fully saturated rings. The van der Waals surface area contributed by atoms with Crippen molar-refractivity contribution in [3.63, 3.8) is 0 Å². The molecule has 0 amide bonds. The normalized spacial score (nSPS) is 16.0. The first-order valence-electron chi connectivity index (χ1n) is 17.0. The number of nitrogens with zero attached hydrogens (tertiary/aromatic N) is 6. The molecule has 7 rings (SSSR count). The van der Waals surface area contributed by atoms with E-state index in [-0.39, 0.29) is 89.9 Å². The van der Waals surface area contributed by atoms with Crippen molar-refractivity contribution in [2.75, 3.05) is 17.2 Å². The molecular formula is C39H33F2N9O4S2. The Labute approximate surface area is 321 Å². The zero-order valence-electron chi connectivity index (χ0n) is 29.5. The Kier molecular flexibility index (Phi) is 10.1. The summed E-state index contributed by atoms with van der Waals surface area (Å²) in [5.41, 5.74) is 19.2. The van der Waals surface area contributed by atoms with Gasteiger partial charge in [-0.1, -0.05) is 42.5 Å². The molecule has 13 nitrogen and oxygen atoms in total. The molecule has 2 aliphatic carbocycles. The first kappa shape index (κ1) is 37.8. The van der Waals surface area contributed by atoms with Crippen LogP contribution in [0.1, 0.15) is 30.4 Å². The molecule has 0 unspecified atom stereocenters. The molecule has 1 saturated carbocycles. The molecule has 0 spiro atoms. The van der Waals surface area contributed by atoms with Crippen LogP contribution >= 0.6 is 0 Å². The van der Waals surface area contributed by atoms with Crippen molar-refractivity contribution < 1.29 is 25.6 Å². The van der Waals surface area contributed by atoms with Crippen molar-refractivity contribution in [2.24, 2.45) is 21.6 Å². The molecule has 2 heterocycles. The minimum absolute atomic E-state index is 0.0219. The Bertz CT molecular complexity index is 2750. The van der Waals surface area contributed by atoms with Gasteiger partial charge in [0.2, 0.25) is 15.8 Å². The molecular weight excluding hydrogens is 761 g/mol. The maximum atomic E-state index is 16.1. The topological polar surface area (TPSA) is 223 Å². The zero-order valence-corrected chi connectivity index (χ0v) is 31.1. The summed E-state index contributed by atoms with van der Waals surface area (Å²) in [5, 5.41) is -0.814. The number of sulfone groups is 2. The smallest absolute Gasteiger partial charge is 0.253 e. The van der Waals surface area contributed by atoms with Gasteiger partial charge in [-0.2, -0.15) is 0 Å². The summed E-state index contributed by atoms with van der Waals surface area (Å²) in [4.78, 5) is 23.6. The molecule has 0 atom stereocenters. The fourth-order valence-corrected chi connectivity index (χ4v) is 9.51. The second kappa shape index (κ2) is 15.0. The number of hydrogen-bond acceptors (Lipinski definition) is 12. The highest BCUT2D eigenvalue weighted by Crippen LogP contribution is 2.43.